The van der Waals surface area contributed by atoms with Gasteiger partial charge in [0, 0.05) is 6.92 Å². The van der Waals surface area contributed by atoms with Crippen LogP contribution in [0.25, 0.3) is 0 Å². The molecule has 0 aliphatic carbocycles. The maximum atomic E-state index is 12.0. The third-order valence-electron chi connectivity index (χ3n) is 4.88. The average molecular weight is 406 g/mol. The van der Waals surface area contributed by atoms with Gasteiger partial charge in [0.25, 0.3) is 0 Å². The maximum absolute atomic E-state index is 12.0. The molecular formula is C18H31NO5S2. The molecule has 1 N–H and O–H groups in total. The Morgan fingerprint density at radius 1 is 1.04 bits per heavy atom. The SMILES string of the molecule is CC(=O)N[C@H]([C@H]1OC(C)(C)O[C@@H]1[C@H]1COC(C)(C)O1)C1(C)SCCCS1. The molecular weight excluding hydrogens is 374 g/mol. The van der Waals surface area contributed by atoms with Gasteiger partial charge in [-0.1, -0.05) is 0 Å². The molecule has 3 heterocycles. The van der Waals surface area contributed by atoms with Crippen molar-refractivity contribution in [2.24, 2.45) is 0 Å². The number of rotatable bonds is 4. The zero-order chi connectivity index (χ0) is 19.2. The summed E-state index contributed by atoms with van der Waals surface area (Å²) in [7, 11) is 0. The lowest BCUT2D eigenvalue weighted by molar-refractivity contribution is -0.175. The lowest BCUT2D eigenvalue weighted by atomic mass is 9.98. The van der Waals surface area contributed by atoms with Crippen LogP contribution < -0.4 is 5.32 Å². The molecule has 8 heteroatoms. The third-order valence-corrected chi connectivity index (χ3v) is 8.23. The van der Waals surface area contributed by atoms with Crippen molar-refractivity contribution < 1.29 is 23.7 Å². The summed E-state index contributed by atoms with van der Waals surface area (Å²) < 4.78 is 24.2. The molecule has 0 aromatic carbocycles. The zero-order valence-corrected chi connectivity index (χ0v) is 18.1. The zero-order valence-electron chi connectivity index (χ0n) is 16.5. The number of carbonyl (C=O) groups excluding carboxylic acids is 1. The van der Waals surface area contributed by atoms with Crippen molar-refractivity contribution in [2.75, 3.05) is 18.1 Å². The lowest BCUT2D eigenvalue weighted by Gasteiger charge is -2.43. The van der Waals surface area contributed by atoms with Gasteiger partial charge < -0.3 is 24.3 Å². The highest BCUT2D eigenvalue weighted by Gasteiger charge is 2.56. The summed E-state index contributed by atoms with van der Waals surface area (Å²) >= 11 is 3.78. The normalized spacial score (nSPS) is 36.6. The summed E-state index contributed by atoms with van der Waals surface area (Å²) in [5.41, 5.74) is 0. The van der Waals surface area contributed by atoms with Crippen LogP contribution in [-0.4, -0.2) is 64.0 Å². The van der Waals surface area contributed by atoms with Gasteiger partial charge in [0.05, 0.1) is 16.7 Å². The van der Waals surface area contributed by atoms with Crippen LogP contribution in [0, 0.1) is 0 Å². The van der Waals surface area contributed by atoms with Crippen molar-refractivity contribution in [1.82, 2.24) is 5.32 Å². The predicted octanol–water partition coefficient (Wildman–Crippen LogP) is 2.75. The Labute approximate surface area is 164 Å². The molecule has 4 atom stereocenters. The summed E-state index contributed by atoms with van der Waals surface area (Å²) in [6.07, 6.45) is 0.348. The Morgan fingerprint density at radius 2 is 1.69 bits per heavy atom. The van der Waals surface area contributed by atoms with Crippen LogP contribution >= 0.6 is 23.5 Å². The van der Waals surface area contributed by atoms with Crippen LogP contribution in [-0.2, 0) is 23.7 Å². The van der Waals surface area contributed by atoms with Crippen LogP contribution in [0.1, 0.15) is 48.0 Å². The summed E-state index contributed by atoms with van der Waals surface area (Å²) in [4.78, 5) is 12.0. The smallest absolute Gasteiger partial charge is 0.217 e. The van der Waals surface area contributed by atoms with Gasteiger partial charge in [0.15, 0.2) is 11.6 Å². The molecule has 3 rings (SSSR count). The van der Waals surface area contributed by atoms with Gasteiger partial charge in [-0.15, -0.1) is 23.5 Å². The third kappa shape index (κ3) is 4.52. The number of hydrogen-bond donors (Lipinski definition) is 1. The van der Waals surface area contributed by atoms with Gasteiger partial charge in [-0.3, -0.25) is 4.79 Å². The topological polar surface area (TPSA) is 66.0 Å². The maximum Gasteiger partial charge on any atom is 0.217 e. The van der Waals surface area contributed by atoms with E-state index >= 15 is 0 Å². The van der Waals surface area contributed by atoms with E-state index in [1.807, 2.05) is 51.2 Å². The first-order chi connectivity index (χ1) is 12.0. The number of thioether (sulfide) groups is 2. The van der Waals surface area contributed by atoms with Crippen LogP contribution in [0.2, 0.25) is 0 Å². The highest BCUT2D eigenvalue weighted by molar-refractivity contribution is 8.18. The van der Waals surface area contributed by atoms with Gasteiger partial charge >= 0.3 is 0 Å². The molecule has 3 fully saturated rings. The largest absolute Gasteiger partial charge is 0.349 e. The first-order valence-electron chi connectivity index (χ1n) is 9.24. The fourth-order valence-corrected chi connectivity index (χ4v) is 6.95. The summed E-state index contributed by atoms with van der Waals surface area (Å²) in [6, 6.07) is -0.186. The summed E-state index contributed by atoms with van der Waals surface area (Å²) in [5.74, 6) is 0.739. The van der Waals surface area contributed by atoms with Gasteiger partial charge in [0.1, 0.15) is 18.3 Å². The average Bonchev–Trinajstić information content (AvgIpc) is 3.04. The fourth-order valence-electron chi connectivity index (χ4n) is 3.80. The van der Waals surface area contributed by atoms with Gasteiger partial charge in [0.2, 0.25) is 5.91 Å². The first-order valence-corrected chi connectivity index (χ1v) is 11.2. The number of amides is 1. The van der Waals surface area contributed by atoms with Crippen molar-refractivity contribution in [3.05, 3.63) is 0 Å². The molecule has 3 saturated heterocycles. The Kier molecular flexibility index (Phi) is 5.94. The molecule has 0 saturated carbocycles. The van der Waals surface area contributed by atoms with Crippen LogP contribution in [0.3, 0.4) is 0 Å². The van der Waals surface area contributed by atoms with Crippen LogP contribution in [0.15, 0.2) is 0 Å². The number of carbonyl (C=O) groups is 1. The van der Waals surface area contributed by atoms with Gasteiger partial charge in [-0.25, -0.2) is 0 Å². The molecule has 0 radical (unpaired) electrons. The Balaban J connectivity index is 1.88. The second kappa shape index (κ2) is 7.44. The molecule has 0 aromatic heterocycles. The molecule has 0 aromatic rings. The Morgan fingerprint density at radius 3 is 2.23 bits per heavy atom. The van der Waals surface area contributed by atoms with Gasteiger partial charge in [-0.2, -0.15) is 0 Å². The van der Waals surface area contributed by atoms with Crippen molar-refractivity contribution in [1.29, 1.82) is 0 Å². The van der Waals surface area contributed by atoms with E-state index < -0.39 is 11.6 Å². The van der Waals surface area contributed by atoms with Crippen LogP contribution in [0.4, 0.5) is 0 Å². The fraction of sp³-hybridized carbons (Fsp3) is 0.944. The van der Waals surface area contributed by atoms with E-state index in [-0.39, 0.29) is 34.3 Å². The molecule has 3 aliphatic rings. The Hall–Kier alpha value is 0.01000. The molecule has 26 heavy (non-hydrogen) atoms. The molecule has 0 unspecified atom stereocenters. The van der Waals surface area contributed by atoms with E-state index in [0.29, 0.717) is 6.61 Å². The minimum absolute atomic E-state index is 0.0565. The van der Waals surface area contributed by atoms with Crippen molar-refractivity contribution in [2.45, 2.75) is 88.0 Å². The second-order valence-electron chi connectivity index (χ2n) is 8.18. The lowest BCUT2D eigenvalue weighted by Crippen LogP contribution is -2.59. The standard InChI is InChI=1S/C18H31NO5S2/c1-11(20)19-15(18(6)25-8-7-9-26-18)14-13(23-17(4,5)24-14)12-10-21-16(2,3)22-12/h12-15H,7-10H2,1-6H3,(H,19,20)/t12-,13-,14+,15-/m1/s1. The van der Waals surface area contributed by atoms with E-state index in [2.05, 4.69) is 12.2 Å². The minimum Gasteiger partial charge on any atom is -0.349 e. The van der Waals surface area contributed by atoms with Gasteiger partial charge in [-0.05, 0) is 52.5 Å². The van der Waals surface area contributed by atoms with E-state index in [1.54, 1.807) is 6.92 Å². The molecule has 150 valence electrons. The quantitative estimate of drug-likeness (QED) is 0.771. The van der Waals surface area contributed by atoms with E-state index in [4.69, 9.17) is 18.9 Å². The van der Waals surface area contributed by atoms with E-state index in [0.717, 1.165) is 11.5 Å². The van der Waals surface area contributed by atoms with Crippen molar-refractivity contribution in [3.8, 4) is 0 Å². The number of hydrogen-bond acceptors (Lipinski definition) is 7. The van der Waals surface area contributed by atoms with Crippen LogP contribution in [0.5, 0.6) is 0 Å². The van der Waals surface area contributed by atoms with E-state index in [1.165, 1.54) is 6.42 Å². The van der Waals surface area contributed by atoms with E-state index in [9.17, 15) is 4.79 Å². The summed E-state index contributed by atoms with van der Waals surface area (Å²) in [5, 5.41) is 3.16. The van der Waals surface area contributed by atoms with Crippen molar-refractivity contribution in [3.63, 3.8) is 0 Å². The molecule has 6 nitrogen and oxygen atoms in total. The minimum atomic E-state index is -0.734. The predicted molar refractivity (Wildman–Crippen MR) is 104 cm³/mol. The van der Waals surface area contributed by atoms with Crippen molar-refractivity contribution >= 4 is 29.4 Å². The highest BCUT2D eigenvalue weighted by atomic mass is 32.2. The molecule has 0 bridgehead atoms. The highest BCUT2D eigenvalue weighted by Crippen LogP contribution is 2.48. The number of nitrogens with one attached hydrogen (secondary N) is 1. The summed E-state index contributed by atoms with van der Waals surface area (Å²) in [6.45, 7) is 11.8. The number of ether oxygens (including phenoxy) is 4. The monoisotopic (exact) mass is 405 g/mol. The Bertz CT molecular complexity index is 536. The molecule has 0 spiro atoms. The first kappa shape index (κ1) is 20.7. The second-order valence-corrected chi connectivity index (χ2v) is 11.5. The molecule has 1 amide bonds. The molecule has 3 aliphatic heterocycles.